The highest BCUT2D eigenvalue weighted by Gasteiger charge is 2.15. The number of aliphatic imine (C=N–C) groups is 1. The summed E-state index contributed by atoms with van der Waals surface area (Å²) in [6.07, 6.45) is 0. The number of benzene rings is 2. The van der Waals surface area contributed by atoms with Crippen LogP contribution in [0.15, 0.2) is 59.6 Å². The maximum absolute atomic E-state index is 13.6. The van der Waals surface area contributed by atoms with Crippen LogP contribution in [0.4, 0.5) is 4.39 Å². The normalized spacial score (nSPS) is 12.5. The summed E-state index contributed by atoms with van der Waals surface area (Å²) >= 11 is 0. The number of likely N-dealkylation sites (N-methyl/N-ethyl adjacent to an activating group) is 1. The van der Waals surface area contributed by atoms with Gasteiger partial charge in [-0.15, -0.1) is 24.0 Å². The number of guanidine groups is 1. The van der Waals surface area contributed by atoms with E-state index in [-0.39, 0.29) is 35.8 Å². The van der Waals surface area contributed by atoms with Crippen molar-refractivity contribution < 1.29 is 4.39 Å². The summed E-state index contributed by atoms with van der Waals surface area (Å²) in [5, 5.41) is 3.40. The van der Waals surface area contributed by atoms with E-state index in [1.165, 1.54) is 6.07 Å². The number of nitrogens with zero attached hydrogens (tertiary/aromatic N) is 3. The van der Waals surface area contributed by atoms with Gasteiger partial charge in [-0.1, -0.05) is 42.5 Å². The van der Waals surface area contributed by atoms with Crippen molar-refractivity contribution in [1.82, 2.24) is 15.1 Å². The minimum absolute atomic E-state index is 0. The van der Waals surface area contributed by atoms with Gasteiger partial charge in [0.25, 0.3) is 0 Å². The van der Waals surface area contributed by atoms with Crippen LogP contribution < -0.4 is 5.32 Å². The molecule has 1 atom stereocenters. The van der Waals surface area contributed by atoms with Crippen LogP contribution in [0.1, 0.15) is 17.2 Å². The molecule has 2 aromatic carbocycles. The Morgan fingerprint density at radius 3 is 2.31 bits per heavy atom. The predicted molar refractivity (Wildman–Crippen MR) is 118 cm³/mol. The van der Waals surface area contributed by atoms with Gasteiger partial charge in [-0.25, -0.2) is 9.38 Å². The Labute approximate surface area is 173 Å². The van der Waals surface area contributed by atoms with E-state index in [9.17, 15) is 4.39 Å². The maximum atomic E-state index is 13.6. The SMILES string of the molecule is CN(C)C(=NCc1ccccc1)NCC(c1cccc(F)c1)N(C)C.I. The van der Waals surface area contributed by atoms with Gasteiger partial charge in [0.1, 0.15) is 5.82 Å². The first-order chi connectivity index (χ1) is 12.0. The Balaban J connectivity index is 0.00000338. The molecule has 0 heterocycles. The fraction of sp³-hybridized carbons (Fsp3) is 0.350. The number of nitrogens with one attached hydrogen (secondary N) is 1. The average molecular weight is 470 g/mol. The second kappa shape index (κ2) is 11.1. The molecule has 0 bridgehead atoms. The summed E-state index contributed by atoms with van der Waals surface area (Å²) in [5.74, 6) is 0.599. The molecular weight excluding hydrogens is 442 g/mol. The number of rotatable bonds is 6. The summed E-state index contributed by atoms with van der Waals surface area (Å²) in [6, 6.07) is 17.0. The van der Waals surface area contributed by atoms with Crippen LogP contribution in [0.3, 0.4) is 0 Å². The summed E-state index contributed by atoms with van der Waals surface area (Å²) < 4.78 is 13.6. The van der Waals surface area contributed by atoms with Crippen molar-refractivity contribution in [2.75, 3.05) is 34.7 Å². The highest BCUT2D eigenvalue weighted by atomic mass is 127. The molecule has 0 saturated heterocycles. The molecule has 2 aromatic rings. The third-order valence-corrected chi connectivity index (χ3v) is 3.99. The van der Waals surface area contributed by atoms with Crippen molar-refractivity contribution in [3.63, 3.8) is 0 Å². The second-order valence-corrected chi connectivity index (χ2v) is 6.44. The standard InChI is InChI=1S/C20H27FN4.HI/c1-24(2)19(17-11-8-12-18(21)13-17)15-23-20(25(3)4)22-14-16-9-6-5-7-10-16;/h5-13,19H,14-15H2,1-4H3,(H,22,23);1H. The topological polar surface area (TPSA) is 30.9 Å². The van der Waals surface area contributed by atoms with Crippen molar-refractivity contribution >= 4 is 29.9 Å². The van der Waals surface area contributed by atoms with Crippen molar-refractivity contribution in [3.05, 3.63) is 71.5 Å². The summed E-state index contributed by atoms with van der Waals surface area (Å²) in [6.45, 7) is 1.26. The van der Waals surface area contributed by atoms with Gasteiger partial charge in [-0.05, 0) is 37.4 Å². The Kier molecular flexibility index (Phi) is 9.58. The molecule has 0 aromatic heterocycles. The molecule has 0 aliphatic rings. The van der Waals surface area contributed by atoms with Crippen molar-refractivity contribution in [2.45, 2.75) is 12.6 Å². The van der Waals surface area contributed by atoms with E-state index in [4.69, 9.17) is 0 Å². The quantitative estimate of drug-likeness (QED) is 0.397. The summed E-state index contributed by atoms with van der Waals surface area (Å²) in [7, 11) is 7.91. The van der Waals surface area contributed by atoms with E-state index in [0.29, 0.717) is 13.1 Å². The number of hydrogen-bond donors (Lipinski definition) is 1. The van der Waals surface area contributed by atoms with Gasteiger partial charge in [0.05, 0.1) is 12.6 Å². The first kappa shape index (κ1) is 22.4. The van der Waals surface area contributed by atoms with E-state index in [1.807, 2.05) is 57.4 Å². The van der Waals surface area contributed by atoms with Crippen LogP contribution in [0, 0.1) is 5.82 Å². The zero-order chi connectivity index (χ0) is 18.2. The fourth-order valence-electron chi connectivity index (χ4n) is 2.61. The van der Waals surface area contributed by atoms with Crippen molar-refractivity contribution in [1.29, 1.82) is 0 Å². The second-order valence-electron chi connectivity index (χ2n) is 6.44. The third-order valence-electron chi connectivity index (χ3n) is 3.99. The predicted octanol–water partition coefficient (Wildman–Crippen LogP) is 3.75. The van der Waals surface area contributed by atoms with Crippen LogP contribution >= 0.6 is 24.0 Å². The molecule has 1 unspecified atom stereocenters. The van der Waals surface area contributed by atoms with Gasteiger partial charge in [0.2, 0.25) is 0 Å². The van der Waals surface area contributed by atoms with Crippen LogP contribution in [-0.2, 0) is 6.54 Å². The molecule has 1 N–H and O–H groups in total. The largest absolute Gasteiger partial charge is 0.354 e. The lowest BCUT2D eigenvalue weighted by Crippen LogP contribution is -2.41. The van der Waals surface area contributed by atoms with Crippen LogP contribution in [0.25, 0.3) is 0 Å². The van der Waals surface area contributed by atoms with E-state index >= 15 is 0 Å². The molecule has 0 saturated carbocycles. The minimum atomic E-state index is -0.213. The Morgan fingerprint density at radius 1 is 1.04 bits per heavy atom. The van der Waals surface area contributed by atoms with E-state index in [1.54, 1.807) is 12.1 Å². The molecule has 142 valence electrons. The molecule has 0 fully saturated rings. The zero-order valence-electron chi connectivity index (χ0n) is 15.8. The summed E-state index contributed by atoms with van der Waals surface area (Å²) in [5.41, 5.74) is 2.11. The van der Waals surface area contributed by atoms with Gasteiger partial charge < -0.3 is 15.1 Å². The highest BCUT2D eigenvalue weighted by Crippen LogP contribution is 2.18. The number of halogens is 2. The van der Waals surface area contributed by atoms with E-state index in [0.717, 1.165) is 17.1 Å². The maximum Gasteiger partial charge on any atom is 0.193 e. The Hall–Kier alpha value is -1.67. The first-order valence-corrected chi connectivity index (χ1v) is 8.39. The van der Waals surface area contributed by atoms with Crippen LogP contribution in [-0.4, -0.2) is 50.5 Å². The van der Waals surface area contributed by atoms with Crippen molar-refractivity contribution in [3.8, 4) is 0 Å². The zero-order valence-corrected chi connectivity index (χ0v) is 18.1. The molecule has 6 heteroatoms. The molecule has 0 aliphatic carbocycles. The lowest BCUT2D eigenvalue weighted by Gasteiger charge is -2.27. The molecule has 0 radical (unpaired) electrons. The average Bonchev–Trinajstić information content (AvgIpc) is 2.58. The number of hydrogen-bond acceptors (Lipinski definition) is 2. The molecule has 2 rings (SSSR count). The lowest BCUT2D eigenvalue weighted by atomic mass is 10.1. The molecule has 0 spiro atoms. The van der Waals surface area contributed by atoms with Gasteiger partial charge in [0, 0.05) is 20.6 Å². The first-order valence-electron chi connectivity index (χ1n) is 8.39. The Bertz CT molecular complexity index is 689. The Morgan fingerprint density at radius 2 is 1.73 bits per heavy atom. The van der Waals surface area contributed by atoms with Gasteiger partial charge in [-0.3, -0.25) is 0 Å². The van der Waals surface area contributed by atoms with Crippen molar-refractivity contribution in [2.24, 2.45) is 4.99 Å². The van der Waals surface area contributed by atoms with Gasteiger partial charge in [-0.2, -0.15) is 0 Å². The van der Waals surface area contributed by atoms with Gasteiger partial charge >= 0.3 is 0 Å². The third kappa shape index (κ3) is 6.92. The molecular formula is C20H28FIN4. The van der Waals surface area contributed by atoms with Crippen LogP contribution in [0.5, 0.6) is 0 Å². The fourth-order valence-corrected chi connectivity index (χ4v) is 2.61. The van der Waals surface area contributed by atoms with Gasteiger partial charge in [0.15, 0.2) is 5.96 Å². The molecule has 4 nitrogen and oxygen atoms in total. The monoisotopic (exact) mass is 470 g/mol. The highest BCUT2D eigenvalue weighted by molar-refractivity contribution is 14.0. The molecule has 0 amide bonds. The lowest BCUT2D eigenvalue weighted by molar-refractivity contribution is 0.295. The van der Waals surface area contributed by atoms with E-state index < -0.39 is 0 Å². The van der Waals surface area contributed by atoms with Crippen LogP contribution in [0.2, 0.25) is 0 Å². The minimum Gasteiger partial charge on any atom is -0.354 e. The molecule has 0 aliphatic heterocycles. The summed E-state index contributed by atoms with van der Waals surface area (Å²) in [4.78, 5) is 8.71. The smallest absolute Gasteiger partial charge is 0.193 e. The van der Waals surface area contributed by atoms with E-state index in [2.05, 4.69) is 27.3 Å². The molecule has 26 heavy (non-hydrogen) atoms.